The van der Waals surface area contributed by atoms with Crippen LogP contribution in [0.3, 0.4) is 0 Å². The maximum atomic E-state index is 12.6. The minimum atomic E-state index is -0.0382. The highest BCUT2D eigenvalue weighted by molar-refractivity contribution is 7.07. The number of rotatable bonds is 6. The van der Waals surface area contributed by atoms with E-state index in [9.17, 15) is 4.79 Å². The first kappa shape index (κ1) is 19.6. The van der Waals surface area contributed by atoms with Crippen LogP contribution in [0.4, 0.5) is 0 Å². The molecule has 6 heteroatoms. The minimum absolute atomic E-state index is 0.0382. The molecule has 2 aromatic carbocycles. The SMILES string of the molecule is Cc1ccc(C(=O)NC2CCCCC2)cc1Oc1nc(Cc2ccccc2)ns1. The highest BCUT2D eigenvalue weighted by Crippen LogP contribution is 2.28. The number of aromatic nitrogens is 2. The highest BCUT2D eigenvalue weighted by Gasteiger charge is 2.18. The van der Waals surface area contributed by atoms with E-state index in [0.717, 1.165) is 29.8 Å². The summed E-state index contributed by atoms with van der Waals surface area (Å²) in [5.74, 6) is 1.34. The molecule has 29 heavy (non-hydrogen) atoms. The van der Waals surface area contributed by atoms with Crippen molar-refractivity contribution in [2.24, 2.45) is 0 Å². The minimum Gasteiger partial charge on any atom is -0.430 e. The van der Waals surface area contributed by atoms with Crippen LogP contribution in [-0.2, 0) is 6.42 Å². The quantitative estimate of drug-likeness (QED) is 0.603. The molecule has 0 atom stereocenters. The van der Waals surface area contributed by atoms with Crippen LogP contribution in [0.15, 0.2) is 48.5 Å². The normalized spacial score (nSPS) is 14.5. The number of aryl methyl sites for hydroxylation is 1. The lowest BCUT2D eigenvalue weighted by Crippen LogP contribution is -2.36. The summed E-state index contributed by atoms with van der Waals surface area (Å²) in [4.78, 5) is 17.1. The van der Waals surface area contributed by atoms with E-state index < -0.39 is 0 Å². The molecule has 1 aliphatic carbocycles. The molecule has 1 N–H and O–H groups in total. The van der Waals surface area contributed by atoms with Crippen molar-refractivity contribution in [3.05, 3.63) is 71.0 Å². The summed E-state index contributed by atoms with van der Waals surface area (Å²) in [5, 5.41) is 3.65. The van der Waals surface area contributed by atoms with Crippen molar-refractivity contribution in [2.45, 2.75) is 51.5 Å². The number of benzene rings is 2. The molecule has 3 aromatic rings. The Balaban J connectivity index is 1.43. The van der Waals surface area contributed by atoms with Gasteiger partial charge >= 0.3 is 0 Å². The van der Waals surface area contributed by atoms with E-state index in [1.807, 2.05) is 37.3 Å². The molecule has 1 fully saturated rings. The summed E-state index contributed by atoms with van der Waals surface area (Å²) in [6.07, 6.45) is 6.45. The van der Waals surface area contributed by atoms with Crippen molar-refractivity contribution < 1.29 is 9.53 Å². The molecule has 5 nitrogen and oxygen atoms in total. The molecule has 0 spiro atoms. The first-order valence-corrected chi connectivity index (χ1v) is 10.9. The van der Waals surface area contributed by atoms with Crippen molar-refractivity contribution in [3.63, 3.8) is 0 Å². The summed E-state index contributed by atoms with van der Waals surface area (Å²) in [6.45, 7) is 1.96. The second-order valence-corrected chi connectivity index (χ2v) is 8.24. The largest absolute Gasteiger partial charge is 0.430 e. The van der Waals surface area contributed by atoms with Crippen molar-refractivity contribution >= 4 is 17.4 Å². The topological polar surface area (TPSA) is 64.1 Å². The standard InChI is InChI=1S/C23H25N3O2S/c1-16-12-13-18(22(27)24-19-10-6-3-7-11-19)15-20(16)28-23-25-21(26-29-23)14-17-8-4-2-5-9-17/h2,4-5,8-9,12-13,15,19H,3,6-7,10-11,14H2,1H3,(H,24,27). The Morgan fingerprint density at radius 2 is 1.93 bits per heavy atom. The third-order valence-corrected chi connectivity index (χ3v) is 5.88. The number of carbonyl (C=O) groups excluding carboxylic acids is 1. The molecule has 0 unspecified atom stereocenters. The molecule has 0 aliphatic heterocycles. The molecule has 1 saturated carbocycles. The molecular weight excluding hydrogens is 382 g/mol. The Bertz CT molecular complexity index is 965. The average molecular weight is 408 g/mol. The Hall–Kier alpha value is -2.73. The molecule has 1 aliphatic rings. The number of nitrogens with zero attached hydrogens (tertiary/aromatic N) is 2. The van der Waals surface area contributed by atoms with E-state index >= 15 is 0 Å². The zero-order chi connectivity index (χ0) is 20.1. The summed E-state index contributed by atoms with van der Waals surface area (Å²) in [7, 11) is 0. The number of hydrogen-bond donors (Lipinski definition) is 1. The van der Waals surface area contributed by atoms with Gasteiger partial charge in [-0.25, -0.2) is 0 Å². The van der Waals surface area contributed by atoms with Crippen molar-refractivity contribution in [2.75, 3.05) is 0 Å². The van der Waals surface area contributed by atoms with Gasteiger partial charge in [-0.05, 0) is 43.0 Å². The van der Waals surface area contributed by atoms with Gasteiger partial charge in [0.25, 0.3) is 11.1 Å². The molecule has 4 rings (SSSR count). The van der Waals surface area contributed by atoms with Crippen LogP contribution in [0.1, 0.15) is 59.4 Å². The maximum Gasteiger partial charge on any atom is 0.298 e. The lowest BCUT2D eigenvalue weighted by molar-refractivity contribution is 0.0927. The number of hydrogen-bond acceptors (Lipinski definition) is 5. The van der Waals surface area contributed by atoms with Crippen LogP contribution >= 0.6 is 11.5 Å². The predicted molar refractivity (Wildman–Crippen MR) is 115 cm³/mol. The van der Waals surface area contributed by atoms with E-state index in [2.05, 4.69) is 26.8 Å². The fourth-order valence-corrected chi connectivity index (χ4v) is 4.15. The molecule has 0 bridgehead atoms. The molecule has 1 heterocycles. The molecule has 150 valence electrons. The van der Waals surface area contributed by atoms with Gasteiger partial charge in [0.15, 0.2) is 5.82 Å². The average Bonchev–Trinajstić information content (AvgIpc) is 3.18. The Morgan fingerprint density at radius 3 is 2.72 bits per heavy atom. The van der Waals surface area contributed by atoms with Crippen molar-refractivity contribution in [3.8, 4) is 10.9 Å². The Morgan fingerprint density at radius 1 is 1.14 bits per heavy atom. The van der Waals surface area contributed by atoms with E-state index in [0.29, 0.717) is 22.9 Å². The summed E-state index contributed by atoms with van der Waals surface area (Å²) in [5.41, 5.74) is 2.73. The van der Waals surface area contributed by atoms with E-state index in [-0.39, 0.29) is 11.9 Å². The first-order valence-electron chi connectivity index (χ1n) is 10.1. The van der Waals surface area contributed by atoms with Gasteiger partial charge < -0.3 is 10.1 Å². The van der Waals surface area contributed by atoms with Crippen LogP contribution in [0.2, 0.25) is 0 Å². The molecule has 0 radical (unpaired) electrons. The monoisotopic (exact) mass is 407 g/mol. The molecule has 0 saturated heterocycles. The summed E-state index contributed by atoms with van der Waals surface area (Å²) >= 11 is 1.23. The van der Waals surface area contributed by atoms with Crippen molar-refractivity contribution in [1.82, 2.24) is 14.7 Å². The van der Waals surface area contributed by atoms with Crippen LogP contribution in [0.5, 0.6) is 10.9 Å². The number of carbonyl (C=O) groups is 1. The second-order valence-electron chi connectivity index (χ2n) is 7.53. The number of nitrogens with one attached hydrogen (secondary N) is 1. The van der Waals surface area contributed by atoms with E-state index in [1.165, 1.54) is 30.8 Å². The summed E-state index contributed by atoms with van der Waals surface area (Å²) < 4.78 is 10.4. The van der Waals surface area contributed by atoms with Crippen LogP contribution in [-0.4, -0.2) is 21.3 Å². The molecular formula is C23H25N3O2S. The van der Waals surface area contributed by atoms with Gasteiger partial charge in [0.1, 0.15) is 5.75 Å². The first-order chi connectivity index (χ1) is 14.2. The molecule has 1 aromatic heterocycles. The van der Waals surface area contributed by atoms with Gasteiger partial charge in [0, 0.05) is 29.6 Å². The third kappa shape index (κ3) is 5.21. The van der Waals surface area contributed by atoms with Crippen LogP contribution < -0.4 is 10.1 Å². The lowest BCUT2D eigenvalue weighted by Gasteiger charge is -2.22. The fourth-order valence-electron chi connectivity index (χ4n) is 3.59. The van der Waals surface area contributed by atoms with Gasteiger partial charge in [0.05, 0.1) is 0 Å². The Kier molecular flexibility index (Phi) is 6.20. The zero-order valence-electron chi connectivity index (χ0n) is 16.6. The van der Waals surface area contributed by atoms with E-state index in [1.54, 1.807) is 6.07 Å². The summed E-state index contributed by atoms with van der Waals surface area (Å²) in [6, 6.07) is 16.0. The maximum absolute atomic E-state index is 12.6. The molecule has 1 amide bonds. The zero-order valence-corrected chi connectivity index (χ0v) is 17.4. The second kappa shape index (κ2) is 9.18. The number of amides is 1. The van der Waals surface area contributed by atoms with Crippen LogP contribution in [0.25, 0.3) is 0 Å². The van der Waals surface area contributed by atoms with Crippen LogP contribution in [0, 0.1) is 6.92 Å². The van der Waals surface area contributed by atoms with E-state index in [4.69, 9.17) is 4.74 Å². The van der Waals surface area contributed by atoms with Gasteiger partial charge in [-0.2, -0.15) is 9.36 Å². The van der Waals surface area contributed by atoms with Gasteiger partial charge in [-0.15, -0.1) is 0 Å². The predicted octanol–water partition coefficient (Wildman–Crippen LogP) is 5.29. The lowest BCUT2D eigenvalue weighted by atomic mass is 9.95. The third-order valence-electron chi connectivity index (χ3n) is 5.24. The Labute approximate surface area is 175 Å². The van der Waals surface area contributed by atoms with Crippen molar-refractivity contribution in [1.29, 1.82) is 0 Å². The number of ether oxygens (including phenoxy) is 1. The highest BCUT2D eigenvalue weighted by atomic mass is 32.1. The van der Waals surface area contributed by atoms with Gasteiger partial charge in [-0.3, -0.25) is 4.79 Å². The fraction of sp³-hybridized carbons (Fsp3) is 0.348. The van der Waals surface area contributed by atoms with Gasteiger partial charge in [-0.1, -0.05) is 55.7 Å². The smallest absolute Gasteiger partial charge is 0.298 e. The van der Waals surface area contributed by atoms with Gasteiger partial charge in [0.2, 0.25) is 0 Å².